The number of halogens is 1. The lowest BCUT2D eigenvalue weighted by atomic mass is 9.78. The fourth-order valence-electron chi connectivity index (χ4n) is 5.31. The van der Waals surface area contributed by atoms with E-state index in [9.17, 15) is 9.90 Å². The largest absolute Gasteiger partial charge is 0.488 e. The van der Waals surface area contributed by atoms with Gasteiger partial charge < -0.3 is 19.6 Å². The van der Waals surface area contributed by atoms with Crippen LogP contribution in [-0.2, 0) is 0 Å². The summed E-state index contributed by atoms with van der Waals surface area (Å²) in [4.78, 5) is 21.8. The van der Waals surface area contributed by atoms with Gasteiger partial charge in [0.1, 0.15) is 17.7 Å². The van der Waals surface area contributed by atoms with Gasteiger partial charge in [-0.05, 0) is 67.9 Å². The lowest BCUT2D eigenvalue weighted by molar-refractivity contribution is -0.0231. The van der Waals surface area contributed by atoms with Crippen LogP contribution in [0.4, 0.5) is 5.82 Å². The zero-order valence-electron chi connectivity index (χ0n) is 17.5. The Labute approximate surface area is 187 Å². The Kier molecular flexibility index (Phi) is 5.76. The van der Waals surface area contributed by atoms with Crippen LogP contribution in [0, 0.1) is 11.8 Å². The van der Waals surface area contributed by atoms with E-state index in [0.29, 0.717) is 34.6 Å². The Morgan fingerprint density at radius 3 is 2.65 bits per heavy atom. The molecule has 5 rings (SSSR count). The van der Waals surface area contributed by atoms with E-state index in [2.05, 4.69) is 9.88 Å². The average Bonchev–Trinajstić information content (AvgIpc) is 3.44. The van der Waals surface area contributed by atoms with E-state index in [1.54, 1.807) is 12.3 Å². The number of aliphatic hydroxyl groups is 1. The molecular formula is C24H28ClN3O3. The number of fused-ring (bicyclic) bond motifs is 1. The third kappa shape index (κ3) is 4.23. The first-order valence-electron chi connectivity index (χ1n) is 11.2. The molecule has 1 amide bonds. The van der Waals surface area contributed by atoms with Crippen molar-refractivity contribution in [3.05, 3.63) is 53.2 Å². The highest BCUT2D eigenvalue weighted by Gasteiger charge is 2.43. The number of carbonyl (C=O) groups is 1. The molecule has 3 heterocycles. The normalized spacial score (nSPS) is 27.9. The molecule has 164 valence electrons. The van der Waals surface area contributed by atoms with Crippen LogP contribution in [0.25, 0.3) is 0 Å². The van der Waals surface area contributed by atoms with Gasteiger partial charge in [-0.1, -0.05) is 17.7 Å². The van der Waals surface area contributed by atoms with Gasteiger partial charge in [0.2, 0.25) is 0 Å². The van der Waals surface area contributed by atoms with Crippen molar-refractivity contribution in [3.8, 4) is 5.75 Å². The minimum Gasteiger partial charge on any atom is -0.488 e. The average molecular weight is 442 g/mol. The lowest BCUT2D eigenvalue weighted by Crippen LogP contribution is -2.42. The van der Waals surface area contributed by atoms with Gasteiger partial charge in [0.25, 0.3) is 5.91 Å². The minimum absolute atomic E-state index is 0.0812. The molecule has 4 atom stereocenters. The number of likely N-dealkylation sites (tertiary alicyclic amines) is 1. The maximum absolute atomic E-state index is 13.1. The molecule has 3 aliphatic rings. The summed E-state index contributed by atoms with van der Waals surface area (Å²) in [6.45, 7) is 3.28. The highest BCUT2D eigenvalue weighted by Crippen LogP contribution is 2.40. The molecule has 0 unspecified atom stereocenters. The van der Waals surface area contributed by atoms with Crippen LogP contribution in [0.15, 0.2) is 42.6 Å². The molecule has 0 spiro atoms. The highest BCUT2D eigenvalue weighted by molar-refractivity contribution is 6.30. The Morgan fingerprint density at radius 1 is 1.10 bits per heavy atom. The van der Waals surface area contributed by atoms with Crippen molar-refractivity contribution >= 4 is 23.3 Å². The number of aromatic nitrogens is 1. The summed E-state index contributed by atoms with van der Waals surface area (Å²) in [6, 6.07) is 11.1. The predicted octanol–water partition coefficient (Wildman–Crippen LogP) is 3.63. The van der Waals surface area contributed by atoms with Gasteiger partial charge in [0.05, 0.1) is 11.7 Å². The van der Waals surface area contributed by atoms with Crippen molar-refractivity contribution in [3.63, 3.8) is 0 Å². The van der Waals surface area contributed by atoms with Crippen LogP contribution >= 0.6 is 11.6 Å². The number of ether oxygens (including phenoxy) is 1. The summed E-state index contributed by atoms with van der Waals surface area (Å²) in [5.41, 5.74) is 0.690. The van der Waals surface area contributed by atoms with Gasteiger partial charge >= 0.3 is 0 Å². The van der Waals surface area contributed by atoms with Crippen molar-refractivity contribution in [2.24, 2.45) is 11.8 Å². The second-order valence-corrected chi connectivity index (χ2v) is 9.39. The minimum atomic E-state index is -0.519. The Hall–Kier alpha value is -2.31. The molecule has 1 aromatic carbocycles. The van der Waals surface area contributed by atoms with Crippen LogP contribution < -0.4 is 9.64 Å². The van der Waals surface area contributed by atoms with Crippen LogP contribution in [0.2, 0.25) is 5.02 Å². The second kappa shape index (κ2) is 8.67. The zero-order chi connectivity index (χ0) is 21.4. The first kappa shape index (κ1) is 20.6. The fraction of sp³-hybridized carbons (Fsp3) is 0.500. The number of amides is 1. The van der Waals surface area contributed by atoms with Gasteiger partial charge in [0, 0.05) is 37.4 Å². The van der Waals surface area contributed by atoms with Crippen molar-refractivity contribution in [1.29, 1.82) is 0 Å². The van der Waals surface area contributed by atoms with Crippen molar-refractivity contribution in [2.45, 2.75) is 37.9 Å². The maximum Gasteiger partial charge on any atom is 0.257 e. The van der Waals surface area contributed by atoms with Crippen LogP contribution in [0.5, 0.6) is 5.75 Å². The van der Waals surface area contributed by atoms with Gasteiger partial charge in [-0.3, -0.25) is 4.79 Å². The molecule has 1 aromatic heterocycles. The molecule has 0 radical (unpaired) electrons. The summed E-state index contributed by atoms with van der Waals surface area (Å²) in [7, 11) is 0. The highest BCUT2D eigenvalue weighted by atomic mass is 35.5. The lowest BCUT2D eigenvalue weighted by Gasteiger charge is -2.35. The SMILES string of the molecule is O=C(c1cccnc1N1C[C@H]2C[C@@H](Oc3cccc(Cl)c3)[C@H](O)C[C@H]2C1)N1CCCC1. The van der Waals surface area contributed by atoms with Crippen molar-refractivity contribution < 1.29 is 14.6 Å². The van der Waals surface area contributed by atoms with Crippen LogP contribution in [-0.4, -0.2) is 59.3 Å². The molecule has 31 heavy (non-hydrogen) atoms. The number of hydrogen-bond acceptors (Lipinski definition) is 5. The molecule has 0 bridgehead atoms. The summed E-state index contributed by atoms with van der Waals surface area (Å²) in [5.74, 6) is 2.30. The van der Waals surface area contributed by atoms with E-state index >= 15 is 0 Å². The van der Waals surface area contributed by atoms with Gasteiger partial charge in [-0.2, -0.15) is 0 Å². The summed E-state index contributed by atoms with van der Waals surface area (Å²) >= 11 is 6.08. The van der Waals surface area contributed by atoms with Gasteiger partial charge in [-0.15, -0.1) is 0 Å². The molecule has 7 heteroatoms. The standard InChI is InChI=1S/C24H28ClN3O3/c25-18-5-3-6-19(13-18)31-22-12-17-15-28(14-16(17)11-21(22)29)23-20(7-4-8-26-23)24(30)27-9-1-2-10-27/h3-8,13,16-17,21-22,29H,1-2,9-12,14-15H2/t16-,17+,21+,22+/m0/s1. The first-order chi connectivity index (χ1) is 15.1. The molecular weight excluding hydrogens is 414 g/mol. The summed E-state index contributed by atoms with van der Waals surface area (Å²) in [6.07, 6.45) is 4.59. The third-order valence-corrected chi connectivity index (χ3v) is 7.11. The van der Waals surface area contributed by atoms with E-state index in [1.807, 2.05) is 35.2 Å². The van der Waals surface area contributed by atoms with E-state index < -0.39 is 6.10 Å². The predicted molar refractivity (Wildman–Crippen MR) is 120 cm³/mol. The van der Waals surface area contributed by atoms with E-state index in [0.717, 1.165) is 51.3 Å². The number of anilines is 1. The molecule has 2 aromatic rings. The van der Waals surface area contributed by atoms with E-state index in [1.165, 1.54) is 0 Å². The molecule has 1 aliphatic carbocycles. The van der Waals surface area contributed by atoms with Crippen LogP contribution in [0.3, 0.4) is 0 Å². The number of aliphatic hydroxyl groups excluding tert-OH is 1. The quantitative estimate of drug-likeness (QED) is 0.784. The fourth-order valence-corrected chi connectivity index (χ4v) is 5.49. The number of benzene rings is 1. The molecule has 3 fully saturated rings. The zero-order valence-corrected chi connectivity index (χ0v) is 18.2. The summed E-state index contributed by atoms with van der Waals surface area (Å²) in [5, 5.41) is 11.4. The monoisotopic (exact) mass is 441 g/mol. The molecule has 1 N–H and O–H groups in total. The topological polar surface area (TPSA) is 65.9 Å². The maximum atomic E-state index is 13.1. The number of hydrogen-bond donors (Lipinski definition) is 1. The Bertz CT molecular complexity index is 949. The Balaban J connectivity index is 1.30. The van der Waals surface area contributed by atoms with E-state index in [4.69, 9.17) is 16.3 Å². The van der Waals surface area contributed by atoms with Crippen molar-refractivity contribution in [1.82, 2.24) is 9.88 Å². The number of nitrogens with zero attached hydrogens (tertiary/aromatic N) is 3. The number of carbonyl (C=O) groups excluding carboxylic acids is 1. The number of pyridine rings is 1. The molecule has 2 aliphatic heterocycles. The van der Waals surface area contributed by atoms with Crippen LogP contribution in [0.1, 0.15) is 36.0 Å². The molecule has 6 nitrogen and oxygen atoms in total. The second-order valence-electron chi connectivity index (χ2n) is 8.95. The summed E-state index contributed by atoms with van der Waals surface area (Å²) < 4.78 is 6.10. The third-order valence-electron chi connectivity index (χ3n) is 6.88. The first-order valence-corrected chi connectivity index (χ1v) is 11.6. The van der Waals surface area contributed by atoms with Crippen molar-refractivity contribution in [2.75, 3.05) is 31.1 Å². The molecule has 1 saturated carbocycles. The number of rotatable bonds is 4. The Morgan fingerprint density at radius 2 is 1.87 bits per heavy atom. The van der Waals surface area contributed by atoms with Gasteiger partial charge in [-0.25, -0.2) is 4.98 Å². The smallest absolute Gasteiger partial charge is 0.257 e. The van der Waals surface area contributed by atoms with E-state index in [-0.39, 0.29) is 12.0 Å². The molecule has 2 saturated heterocycles. The van der Waals surface area contributed by atoms with Gasteiger partial charge in [0.15, 0.2) is 0 Å².